The van der Waals surface area contributed by atoms with Crippen molar-refractivity contribution in [3.63, 3.8) is 0 Å². The maximum Gasteiger partial charge on any atom is 0.231 e. The second kappa shape index (κ2) is 7.37. The molecule has 118 valence electrons. The molecule has 1 aliphatic heterocycles. The number of carbonyl (C=O) groups excluding carboxylic acids is 1. The molecular formula is C16H20N2O2S2. The molecule has 4 nitrogen and oxygen atoms in total. The predicted molar refractivity (Wildman–Crippen MR) is 91.1 cm³/mol. The first kappa shape index (κ1) is 15.7. The molecule has 1 amide bonds. The molecule has 6 heteroatoms. The first-order valence-electron chi connectivity index (χ1n) is 7.44. The third-order valence-electron chi connectivity index (χ3n) is 3.70. The van der Waals surface area contributed by atoms with E-state index >= 15 is 0 Å². The smallest absolute Gasteiger partial charge is 0.231 e. The lowest BCUT2D eigenvalue weighted by atomic mass is 10.2. The van der Waals surface area contributed by atoms with Crippen LogP contribution in [0.3, 0.4) is 0 Å². The van der Waals surface area contributed by atoms with Gasteiger partial charge in [0.2, 0.25) is 5.91 Å². The Morgan fingerprint density at radius 2 is 2.36 bits per heavy atom. The molecule has 0 radical (unpaired) electrons. The zero-order valence-electron chi connectivity index (χ0n) is 12.4. The van der Waals surface area contributed by atoms with E-state index in [0.717, 1.165) is 32.5 Å². The summed E-state index contributed by atoms with van der Waals surface area (Å²) in [5.41, 5.74) is 6.64. The summed E-state index contributed by atoms with van der Waals surface area (Å²) in [6.45, 7) is 2.64. The number of hydrogen-bond acceptors (Lipinski definition) is 5. The topological polar surface area (TPSA) is 55.6 Å². The van der Waals surface area contributed by atoms with Crippen LogP contribution in [0, 0.1) is 0 Å². The van der Waals surface area contributed by atoms with Crippen molar-refractivity contribution in [2.24, 2.45) is 5.73 Å². The van der Waals surface area contributed by atoms with Crippen molar-refractivity contribution in [3.8, 4) is 10.4 Å². The minimum absolute atomic E-state index is 0.232. The molecule has 2 aromatic heterocycles. The lowest BCUT2D eigenvalue weighted by Gasteiger charge is -2.23. The SMILES string of the molecule is NC(=O)CN(Cc1cc(-c2cccs2)cs1)C[C@@H]1CCCO1. The Balaban J connectivity index is 1.65. The van der Waals surface area contributed by atoms with Crippen LogP contribution in [0.25, 0.3) is 10.4 Å². The Morgan fingerprint density at radius 1 is 1.45 bits per heavy atom. The Bertz CT molecular complexity index is 603. The first-order chi connectivity index (χ1) is 10.7. The molecule has 1 aliphatic rings. The number of hydrogen-bond donors (Lipinski definition) is 1. The van der Waals surface area contributed by atoms with Crippen LogP contribution in [0.1, 0.15) is 17.7 Å². The van der Waals surface area contributed by atoms with E-state index in [9.17, 15) is 4.79 Å². The van der Waals surface area contributed by atoms with E-state index in [2.05, 4.69) is 33.9 Å². The quantitative estimate of drug-likeness (QED) is 0.846. The molecule has 0 saturated carbocycles. The highest BCUT2D eigenvalue weighted by atomic mass is 32.1. The zero-order valence-corrected chi connectivity index (χ0v) is 14.0. The molecule has 3 rings (SSSR count). The Hall–Kier alpha value is -1.21. The average Bonchev–Trinajstić information content (AvgIpc) is 3.20. The second-order valence-corrected chi connectivity index (χ2v) is 7.49. The normalized spacial score (nSPS) is 18.1. The van der Waals surface area contributed by atoms with Gasteiger partial charge in [-0.2, -0.15) is 0 Å². The predicted octanol–water partition coefficient (Wildman–Crippen LogP) is 2.94. The van der Waals surface area contributed by atoms with Gasteiger partial charge in [0, 0.05) is 35.0 Å². The van der Waals surface area contributed by atoms with Crippen LogP contribution in [-0.4, -0.2) is 36.6 Å². The molecule has 2 N–H and O–H groups in total. The molecule has 2 aromatic rings. The standard InChI is InChI=1S/C16H20N2O2S2/c17-16(19)10-18(8-13-3-1-5-20-13)9-14-7-12(11-22-14)15-4-2-6-21-15/h2,4,6-7,11,13H,1,3,5,8-10H2,(H2,17,19)/t13-/m0/s1. The fraction of sp³-hybridized carbons (Fsp3) is 0.438. The fourth-order valence-corrected chi connectivity index (χ4v) is 4.45. The van der Waals surface area contributed by atoms with E-state index in [1.807, 2.05) is 0 Å². The van der Waals surface area contributed by atoms with Crippen molar-refractivity contribution in [2.45, 2.75) is 25.5 Å². The van der Waals surface area contributed by atoms with Crippen molar-refractivity contribution in [3.05, 3.63) is 33.8 Å². The van der Waals surface area contributed by atoms with Gasteiger partial charge in [0.15, 0.2) is 0 Å². The molecule has 1 saturated heterocycles. The molecule has 1 atom stereocenters. The van der Waals surface area contributed by atoms with E-state index in [1.54, 1.807) is 22.7 Å². The van der Waals surface area contributed by atoms with Gasteiger partial charge in [-0.1, -0.05) is 6.07 Å². The second-order valence-electron chi connectivity index (χ2n) is 5.55. The highest BCUT2D eigenvalue weighted by Crippen LogP contribution is 2.30. The molecule has 3 heterocycles. The summed E-state index contributed by atoms with van der Waals surface area (Å²) < 4.78 is 5.68. The van der Waals surface area contributed by atoms with E-state index in [4.69, 9.17) is 10.5 Å². The number of carbonyl (C=O) groups is 1. The lowest BCUT2D eigenvalue weighted by Crippen LogP contribution is -2.38. The lowest BCUT2D eigenvalue weighted by molar-refractivity contribution is -0.119. The molecule has 0 unspecified atom stereocenters. The Labute approximate surface area is 138 Å². The van der Waals surface area contributed by atoms with E-state index < -0.39 is 0 Å². The van der Waals surface area contributed by atoms with Crippen LogP contribution < -0.4 is 5.73 Å². The molecule has 1 fully saturated rings. The highest BCUT2D eigenvalue weighted by Gasteiger charge is 2.21. The number of thiophene rings is 2. The monoisotopic (exact) mass is 336 g/mol. The van der Waals surface area contributed by atoms with Gasteiger partial charge >= 0.3 is 0 Å². The summed E-state index contributed by atoms with van der Waals surface area (Å²) >= 11 is 3.48. The van der Waals surface area contributed by atoms with Gasteiger partial charge in [-0.3, -0.25) is 9.69 Å². The molecule has 22 heavy (non-hydrogen) atoms. The van der Waals surface area contributed by atoms with Gasteiger partial charge in [0.25, 0.3) is 0 Å². The van der Waals surface area contributed by atoms with Crippen molar-refractivity contribution in [1.82, 2.24) is 4.90 Å². The van der Waals surface area contributed by atoms with Crippen LogP contribution in [0.5, 0.6) is 0 Å². The molecule has 0 spiro atoms. The van der Waals surface area contributed by atoms with Gasteiger partial charge in [0.05, 0.1) is 12.6 Å². The number of primary amides is 1. The van der Waals surface area contributed by atoms with Gasteiger partial charge in [-0.15, -0.1) is 22.7 Å². The Morgan fingerprint density at radius 3 is 3.05 bits per heavy atom. The maximum atomic E-state index is 11.3. The molecule has 0 aliphatic carbocycles. The summed E-state index contributed by atoms with van der Waals surface area (Å²) in [6.07, 6.45) is 2.41. The molecular weight excluding hydrogens is 316 g/mol. The number of nitrogens with zero attached hydrogens (tertiary/aromatic N) is 1. The number of nitrogens with two attached hydrogens (primary N) is 1. The molecule has 0 aromatic carbocycles. The van der Waals surface area contributed by atoms with Crippen LogP contribution in [-0.2, 0) is 16.1 Å². The van der Waals surface area contributed by atoms with Crippen molar-refractivity contribution < 1.29 is 9.53 Å². The largest absolute Gasteiger partial charge is 0.377 e. The van der Waals surface area contributed by atoms with Crippen molar-refractivity contribution in [1.29, 1.82) is 0 Å². The summed E-state index contributed by atoms with van der Waals surface area (Å²) in [5, 5.41) is 4.26. The summed E-state index contributed by atoms with van der Waals surface area (Å²) in [4.78, 5) is 15.9. The van der Waals surface area contributed by atoms with Crippen molar-refractivity contribution in [2.75, 3.05) is 19.7 Å². The number of amides is 1. The summed E-state index contributed by atoms with van der Waals surface area (Å²) in [7, 11) is 0. The first-order valence-corrected chi connectivity index (χ1v) is 9.20. The minimum atomic E-state index is -0.284. The Kier molecular flexibility index (Phi) is 5.25. The van der Waals surface area contributed by atoms with Gasteiger partial charge in [-0.25, -0.2) is 0 Å². The van der Waals surface area contributed by atoms with Gasteiger partial charge in [0.1, 0.15) is 0 Å². The van der Waals surface area contributed by atoms with Gasteiger partial charge < -0.3 is 10.5 Å². The number of ether oxygens (including phenoxy) is 1. The maximum absolute atomic E-state index is 11.3. The van der Waals surface area contributed by atoms with E-state index in [0.29, 0.717) is 0 Å². The highest BCUT2D eigenvalue weighted by molar-refractivity contribution is 7.14. The van der Waals surface area contributed by atoms with Crippen LogP contribution in [0.4, 0.5) is 0 Å². The van der Waals surface area contributed by atoms with Crippen molar-refractivity contribution >= 4 is 28.6 Å². The fourth-order valence-electron chi connectivity index (χ4n) is 2.74. The zero-order chi connectivity index (χ0) is 15.4. The van der Waals surface area contributed by atoms with Crippen LogP contribution in [0.15, 0.2) is 29.0 Å². The third kappa shape index (κ3) is 4.16. The third-order valence-corrected chi connectivity index (χ3v) is 5.54. The number of rotatable bonds is 7. The summed E-state index contributed by atoms with van der Waals surface area (Å²) in [6, 6.07) is 6.40. The van der Waals surface area contributed by atoms with Gasteiger partial charge in [-0.05, 0) is 35.7 Å². The van der Waals surface area contributed by atoms with E-state index in [1.165, 1.54) is 15.3 Å². The van der Waals surface area contributed by atoms with Crippen LogP contribution >= 0.6 is 22.7 Å². The molecule has 0 bridgehead atoms. The minimum Gasteiger partial charge on any atom is -0.377 e. The van der Waals surface area contributed by atoms with E-state index in [-0.39, 0.29) is 18.6 Å². The van der Waals surface area contributed by atoms with Crippen LogP contribution in [0.2, 0.25) is 0 Å². The average molecular weight is 336 g/mol. The summed E-state index contributed by atoms with van der Waals surface area (Å²) in [5.74, 6) is -0.284.